The second-order valence-corrected chi connectivity index (χ2v) is 12.9. The molecule has 0 spiro atoms. The van der Waals surface area contributed by atoms with Gasteiger partial charge in [0.1, 0.15) is 29.0 Å². The van der Waals surface area contributed by atoms with Crippen molar-refractivity contribution in [3.63, 3.8) is 0 Å². The van der Waals surface area contributed by atoms with E-state index in [1.54, 1.807) is 12.1 Å². The predicted octanol–water partition coefficient (Wildman–Crippen LogP) is 6.55. The molecular formula is C34H36F2N4O3. The molecule has 3 aromatic rings. The van der Waals surface area contributed by atoms with Crippen molar-refractivity contribution in [3.8, 4) is 17.2 Å². The summed E-state index contributed by atoms with van der Waals surface area (Å²) < 4.78 is 35.0. The lowest BCUT2D eigenvalue weighted by Crippen LogP contribution is -2.38. The van der Waals surface area contributed by atoms with E-state index in [-0.39, 0.29) is 40.4 Å². The van der Waals surface area contributed by atoms with Gasteiger partial charge in [0.25, 0.3) is 5.91 Å². The van der Waals surface area contributed by atoms with Gasteiger partial charge in [-0.1, -0.05) is 39.0 Å². The first kappa shape index (κ1) is 30.1. The Hall–Kier alpha value is -4.32. The lowest BCUT2D eigenvalue weighted by Gasteiger charge is -2.29. The minimum absolute atomic E-state index is 0.0706. The molecule has 1 aliphatic carbocycles. The van der Waals surface area contributed by atoms with Gasteiger partial charge in [-0.05, 0) is 67.3 Å². The number of carbonyl (C=O) groups excluding carboxylic acids is 2. The summed E-state index contributed by atoms with van der Waals surface area (Å²) in [6.45, 7) is 10.4. The molecule has 2 aliphatic rings. The number of carbonyl (C=O) groups is 2. The molecule has 7 nitrogen and oxygen atoms in total. The maximum Gasteiger partial charge on any atom is 0.339 e. The van der Waals surface area contributed by atoms with E-state index >= 15 is 0 Å². The van der Waals surface area contributed by atoms with Crippen LogP contribution >= 0.6 is 0 Å². The smallest absolute Gasteiger partial charge is 0.339 e. The molecule has 1 saturated carbocycles. The van der Waals surface area contributed by atoms with Crippen LogP contribution in [0.5, 0.6) is 0 Å². The highest BCUT2D eigenvalue weighted by Crippen LogP contribution is 2.41. The monoisotopic (exact) mass is 586 g/mol. The molecule has 9 heteroatoms. The lowest BCUT2D eigenvalue weighted by atomic mass is 9.84. The van der Waals surface area contributed by atoms with Gasteiger partial charge in [-0.2, -0.15) is 5.26 Å². The van der Waals surface area contributed by atoms with Gasteiger partial charge in [0.2, 0.25) is 0 Å². The molecule has 1 N–H and O–H groups in total. The minimum atomic E-state index is -0.947. The van der Waals surface area contributed by atoms with Gasteiger partial charge < -0.3 is 15.0 Å². The molecular weight excluding hydrogens is 550 g/mol. The predicted molar refractivity (Wildman–Crippen MR) is 160 cm³/mol. The Bertz CT molecular complexity index is 1600. The first-order valence-electron chi connectivity index (χ1n) is 14.6. The highest BCUT2D eigenvalue weighted by molar-refractivity contribution is 6.04. The average Bonchev–Trinajstić information content (AvgIpc) is 3.73. The first-order valence-corrected chi connectivity index (χ1v) is 14.6. The van der Waals surface area contributed by atoms with E-state index < -0.39 is 29.1 Å². The van der Waals surface area contributed by atoms with Crippen LogP contribution in [0.2, 0.25) is 0 Å². The van der Waals surface area contributed by atoms with Crippen molar-refractivity contribution in [1.29, 1.82) is 5.26 Å². The fourth-order valence-electron chi connectivity index (χ4n) is 5.85. The van der Waals surface area contributed by atoms with E-state index in [9.17, 15) is 23.6 Å². The second-order valence-electron chi connectivity index (χ2n) is 12.9. The largest absolute Gasteiger partial charge is 0.454 e. The van der Waals surface area contributed by atoms with Gasteiger partial charge in [0.05, 0.1) is 23.4 Å². The summed E-state index contributed by atoms with van der Waals surface area (Å²) in [5.41, 5.74) is 0.798. The Kier molecular flexibility index (Phi) is 7.99. The number of pyridine rings is 1. The fraction of sp³-hybridized carbons (Fsp3) is 0.412. The molecule has 1 saturated heterocycles. The fourth-order valence-corrected chi connectivity index (χ4v) is 5.85. The standard InChI is InChI=1S/C34H36F2N4O3/c1-20(21-10-11-21)39-31(41)26-18-38-28(17-37)29(22-14-23(35)16-24(36)15-22)30(26)40-13-12-34(5,19-40)43-32(42)25-8-6-7-9-27(25)33(2,3)4/h6-9,14-16,18,20-21H,10-13,19H2,1-5H3,(H,39,41)/t20-,34?/m0/s1. The van der Waals surface area contributed by atoms with E-state index in [1.165, 1.54) is 6.20 Å². The Morgan fingerprint density at radius 3 is 2.44 bits per heavy atom. The molecule has 2 aromatic carbocycles. The van der Waals surface area contributed by atoms with E-state index in [1.807, 2.05) is 57.7 Å². The molecule has 0 bridgehead atoms. The average molecular weight is 587 g/mol. The lowest BCUT2D eigenvalue weighted by molar-refractivity contribution is 0.000220. The van der Waals surface area contributed by atoms with Gasteiger partial charge in [-0.3, -0.25) is 4.79 Å². The van der Waals surface area contributed by atoms with Gasteiger partial charge in [0.15, 0.2) is 0 Å². The molecule has 1 amide bonds. The van der Waals surface area contributed by atoms with Crippen molar-refractivity contribution < 1.29 is 23.1 Å². The number of esters is 1. The molecule has 1 aliphatic heterocycles. The zero-order valence-electron chi connectivity index (χ0n) is 25.1. The van der Waals surface area contributed by atoms with Crippen molar-refractivity contribution in [3.05, 3.63) is 82.7 Å². The van der Waals surface area contributed by atoms with Crippen molar-refractivity contribution in [2.75, 3.05) is 18.0 Å². The Balaban J connectivity index is 1.55. The number of hydrogen-bond acceptors (Lipinski definition) is 6. The molecule has 5 rings (SSSR count). The Morgan fingerprint density at radius 1 is 1.14 bits per heavy atom. The SMILES string of the molecule is C[C@H](NC(=O)c1cnc(C#N)c(-c2cc(F)cc(F)c2)c1N1CCC(C)(OC(=O)c2ccccc2C(C)(C)C)C1)C1CC1. The van der Waals surface area contributed by atoms with Gasteiger partial charge >= 0.3 is 5.97 Å². The van der Waals surface area contributed by atoms with E-state index in [4.69, 9.17) is 4.74 Å². The molecule has 43 heavy (non-hydrogen) atoms. The maximum atomic E-state index is 14.4. The van der Waals surface area contributed by atoms with Crippen LogP contribution in [0.1, 0.15) is 85.9 Å². The van der Waals surface area contributed by atoms with Crippen molar-refractivity contribution in [2.24, 2.45) is 5.92 Å². The number of rotatable bonds is 7. The van der Waals surface area contributed by atoms with Crippen LogP contribution < -0.4 is 10.2 Å². The van der Waals surface area contributed by atoms with Crippen molar-refractivity contribution >= 4 is 17.6 Å². The minimum Gasteiger partial charge on any atom is -0.454 e. The number of nitriles is 1. The van der Waals surface area contributed by atoms with Crippen LogP contribution in [-0.2, 0) is 10.2 Å². The van der Waals surface area contributed by atoms with Crippen LogP contribution in [0, 0.1) is 28.9 Å². The van der Waals surface area contributed by atoms with Crippen LogP contribution in [0.3, 0.4) is 0 Å². The molecule has 1 aromatic heterocycles. The number of nitrogens with one attached hydrogen (secondary N) is 1. The molecule has 0 radical (unpaired) electrons. The number of amides is 1. The topological polar surface area (TPSA) is 95.3 Å². The summed E-state index contributed by atoms with van der Waals surface area (Å²) in [5, 5.41) is 13.0. The van der Waals surface area contributed by atoms with Crippen LogP contribution in [-0.4, -0.2) is 41.6 Å². The molecule has 2 heterocycles. The summed E-state index contributed by atoms with van der Waals surface area (Å²) in [4.78, 5) is 33.2. The normalized spacial score (nSPS) is 19.1. The number of anilines is 1. The van der Waals surface area contributed by atoms with Crippen molar-refractivity contribution in [2.45, 2.75) is 70.9 Å². The molecule has 2 fully saturated rings. The van der Waals surface area contributed by atoms with Gasteiger partial charge in [0, 0.05) is 36.8 Å². The Morgan fingerprint density at radius 2 is 1.81 bits per heavy atom. The van der Waals surface area contributed by atoms with E-state index in [0.29, 0.717) is 30.1 Å². The van der Waals surface area contributed by atoms with Crippen LogP contribution in [0.15, 0.2) is 48.7 Å². The van der Waals surface area contributed by atoms with Crippen molar-refractivity contribution in [1.82, 2.24) is 10.3 Å². The summed E-state index contributed by atoms with van der Waals surface area (Å²) in [6, 6.07) is 12.3. The molecule has 2 atom stereocenters. The maximum absolute atomic E-state index is 14.4. The number of hydrogen-bond donors (Lipinski definition) is 1. The summed E-state index contributed by atoms with van der Waals surface area (Å²) in [5.74, 6) is -2.10. The number of nitrogens with zero attached hydrogens (tertiary/aromatic N) is 3. The quantitative estimate of drug-likeness (QED) is 0.316. The molecule has 224 valence electrons. The van der Waals surface area contributed by atoms with Gasteiger partial charge in [-0.15, -0.1) is 0 Å². The second kappa shape index (κ2) is 11.4. The third kappa shape index (κ3) is 6.38. The zero-order chi connectivity index (χ0) is 31.1. The highest BCUT2D eigenvalue weighted by atomic mass is 19.1. The number of halogens is 2. The number of benzene rings is 2. The Labute approximate surface area is 250 Å². The van der Waals surface area contributed by atoms with E-state index in [0.717, 1.165) is 36.6 Å². The van der Waals surface area contributed by atoms with E-state index in [2.05, 4.69) is 10.3 Å². The molecule has 1 unspecified atom stereocenters. The highest BCUT2D eigenvalue weighted by Gasteiger charge is 2.41. The van der Waals surface area contributed by atoms with Crippen LogP contribution in [0.4, 0.5) is 14.5 Å². The van der Waals surface area contributed by atoms with Gasteiger partial charge in [-0.25, -0.2) is 18.6 Å². The van der Waals surface area contributed by atoms with Crippen LogP contribution in [0.25, 0.3) is 11.1 Å². The first-order chi connectivity index (χ1) is 20.3. The summed E-state index contributed by atoms with van der Waals surface area (Å²) >= 11 is 0. The summed E-state index contributed by atoms with van der Waals surface area (Å²) in [7, 11) is 0. The summed E-state index contributed by atoms with van der Waals surface area (Å²) in [6.07, 6.45) is 3.82. The third-order valence-electron chi connectivity index (χ3n) is 8.29. The number of aromatic nitrogens is 1. The third-order valence-corrected chi connectivity index (χ3v) is 8.29. The zero-order valence-corrected chi connectivity index (χ0v) is 25.1. The number of ether oxygens (including phenoxy) is 1.